The molecular weight excluding hydrogens is 573 g/mol. The van der Waals surface area contributed by atoms with E-state index >= 15 is 0 Å². The van der Waals surface area contributed by atoms with Crippen LogP contribution >= 0.6 is 0 Å². The van der Waals surface area contributed by atoms with Crippen molar-refractivity contribution in [3.63, 3.8) is 0 Å². The maximum Gasteiger partial charge on any atom is 0.0946 e. The third kappa shape index (κ3) is 5.81. The van der Waals surface area contributed by atoms with E-state index in [-0.39, 0.29) is 10.8 Å². The molecular formula is C43H42N4. The summed E-state index contributed by atoms with van der Waals surface area (Å²) in [7, 11) is 0. The Morgan fingerprint density at radius 1 is 0.617 bits per heavy atom. The quantitative estimate of drug-likeness (QED) is 0.153. The lowest BCUT2D eigenvalue weighted by molar-refractivity contribution is 0.571. The van der Waals surface area contributed by atoms with Crippen LogP contribution in [0.4, 0.5) is 5.69 Å². The van der Waals surface area contributed by atoms with Crippen molar-refractivity contribution in [2.24, 2.45) is 0 Å². The van der Waals surface area contributed by atoms with Crippen LogP contribution in [-0.4, -0.2) is 15.0 Å². The van der Waals surface area contributed by atoms with Crippen molar-refractivity contribution in [1.29, 1.82) is 0 Å². The number of anilines is 1. The summed E-state index contributed by atoms with van der Waals surface area (Å²) in [6.07, 6.45) is 2.17. The molecule has 4 heteroatoms. The number of hydrogen-bond donors (Lipinski definition) is 2. The fourth-order valence-electron chi connectivity index (χ4n) is 6.25. The predicted octanol–water partition coefficient (Wildman–Crippen LogP) is 11.3. The van der Waals surface area contributed by atoms with Crippen LogP contribution in [0.15, 0.2) is 103 Å². The molecule has 234 valence electrons. The number of nitrogens with two attached hydrogens (primary N) is 1. The third-order valence-corrected chi connectivity index (χ3v) is 9.12. The van der Waals surface area contributed by atoms with Crippen LogP contribution in [0.2, 0.25) is 0 Å². The first-order valence-corrected chi connectivity index (χ1v) is 16.4. The predicted molar refractivity (Wildman–Crippen MR) is 202 cm³/mol. The van der Waals surface area contributed by atoms with Crippen molar-refractivity contribution in [3.05, 3.63) is 126 Å². The van der Waals surface area contributed by atoms with Crippen LogP contribution in [0.1, 0.15) is 71.0 Å². The number of allylic oxidation sites excluding steroid dienone is 1. The molecule has 0 bridgehead atoms. The molecule has 0 amide bonds. The minimum absolute atomic E-state index is 0.0162. The second-order valence-electron chi connectivity index (χ2n) is 14.8. The number of nitrogens with zero attached hydrogens (tertiary/aromatic N) is 2. The number of rotatable bonds is 4. The molecule has 7 rings (SSSR count). The van der Waals surface area contributed by atoms with Crippen molar-refractivity contribution in [1.82, 2.24) is 15.0 Å². The highest BCUT2D eigenvalue weighted by atomic mass is 14.8. The smallest absolute Gasteiger partial charge is 0.0946 e. The summed E-state index contributed by atoms with van der Waals surface area (Å²) >= 11 is 0. The van der Waals surface area contributed by atoms with Gasteiger partial charge in [-0.2, -0.15) is 0 Å². The largest absolute Gasteiger partial charge is 0.396 e. The zero-order valence-corrected chi connectivity index (χ0v) is 28.4. The van der Waals surface area contributed by atoms with E-state index in [0.717, 1.165) is 83.2 Å². The van der Waals surface area contributed by atoms with E-state index < -0.39 is 0 Å². The number of aromatic amines is 1. The van der Waals surface area contributed by atoms with Gasteiger partial charge in [-0.05, 0) is 76.7 Å². The minimum Gasteiger partial charge on any atom is -0.396 e. The second-order valence-corrected chi connectivity index (χ2v) is 14.8. The molecule has 0 radical (unpaired) electrons. The maximum atomic E-state index is 6.72. The summed E-state index contributed by atoms with van der Waals surface area (Å²) in [5.41, 5.74) is 20.3. The average Bonchev–Trinajstić information content (AvgIpc) is 3.50. The Morgan fingerprint density at radius 2 is 1.17 bits per heavy atom. The van der Waals surface area contributed by atoms with E-state index in [4.69, 9.17) is 15.7 Å². The first-order valence-electron chi connectivity index (χ1n) is 16.4. The molecule has 3 N–H and O–H groups in total. The molecule has 0 aliphatic carbocycles. The Kier molecular flexibility index (Phi) is 7.28. The molecule has 0 spiro atoms. The standard InChI is InChI=1S/C43H42N4/c1-26(22-33-16-14-27-18-20-36(42(2,3)4)46-39(27)38(33)44)29-10-8-11-30(23-29)31-12-9-13-32(24-31)35-25-34-17-15-28-19-21-37(43(5,6)7)47-40(28)41(34)45-35/h8-25,45H,44H2,1-7H3/b26-22+. The van der Waals surface area contributed by atoms with Crippen molar-refractivity contribution in [2.75, 3.05) is 5.73 Å². The van der Waals surface area contributed by atoms with E-state index in [1.807, 2.05) is 0 Å². The number of hydrogen-bond acceptors (Lipinski definition) is 3. The number of nitrogens with one attached hydrogen (secondary N) is 1. The van der Waals surface area contributed by atoms with E-state index in [9.17, 15) is 0 Å². The van der Waals surface area contributed by atoms with Crippen LogP contribution in [0, 0.1) is 0 Å². The van der Waals surface area contributed by atoms with Gasteiger partial charge in [0.1, 0.15) is 0 Å². The summed E-state index contributed by atoms with van der Waals surface area (Å²) in [5.74, 6) is 0. The van der Waals surface area contributed by atoms with Gasteiger partial charge in [-0.1, -0.05) is 114 Å². The first-order chi connectivity index (χ1) is 22.3. The van der Waals surface area contributed by atoms with Crippen LogP contribution in [0.3, 0.4) is 0 Å². The maximum absolute atomic E-state index is 6.72. The Morgan fingerprint density at radius 3 is 1.87 bits per heavy atom. The lowest BCUT2D eigenvalue weighted by Crippen LogP contribution is -2.13. The second kappa shape index (κ2) is 11.2. The van der Waals surface area contributed by atoms with Gasteiger partial charge in [-0.25, -0.2) is 0 Å². The number of nitrogen functional groups attached to an aromatic ring is 1. The van der Waals surface area contributed by atoms with Crippen molar-refractivity contribution in [3.8, 4) is 22.4 Å². The Balaban J connectivity index is 1.22. The third-order valence-electron chi connectivity index (χ3n) is 9.12. The van der Waals surface area contributed by atoms with Crippen molar-refractivity contribution < 1.29 is 0 Å². The summed E-state index contributed by atoms with van der Waals surface area (Å²) in [6.45, 7) is 15.3. The van der Waals surface area contributed by atoms with Crippen LogP contribution in [0.25, 0.3) is 66.7 Å². The summed E-state index contributed by atoms with van der Waals surface area (Å²) in [4.78, 5) is 13.8. The van der Waals surface area contributed by atoms with E-state index in [0.29, 0.717) is 5.69 Å². The van der Waals surface area contributed by atoms with Gasteiger partial charge < -0.3 is 10.7 Å². The summed E-state index contributed by atoms with van der Waals surface area (Å²) in [5, 5.41) is 3.36. The molecule has 3 aromatic heterocycles. The minimum atomic E-state index is -0.0454. The number of aromatic nitrogens is 3. The number of pyridine rings is 2. The molecule has 4 nitrogen and oxygen atoms in total. The number of H-pyrrole nitrogens is 1. The zero-order valence-electron chi connectivity index (χ0n) is 28.4. The molecule has 0 atom stereocenters. The van der Waals surface area contributed by atoms with Crippen LogP contribution in [-0.2, 0) is 10.8 Å². The fraction of sp³-hybridized carbons (Fsp3) is 0.209. The summed E-state index contributed by atoms with van der Waals surface area (Å²) in [6, 6.07) is 36.8. The highest BCUT2D eigenvalue weighted by molar-refractivity contribution is 6.05. The van der Waals surface area contributed by atoms with Gasteiger partial charge in [0.25, 0.3) is 0 Å². The van der Waals surface area contributed by atoms with Crippen molar-refractivity contribution in [2.45, 2.75) is 59.3 Å². The Hall–Kier alpha value is -5.22. The fourth-order valence-corrected chi connectivity index (χ4v) is 6.25. The molecule has 7 aromatic rings. The van der Waals surface area contributed by atoms with Gasteiger partial charge in [-0.3, -0.25) is 9.97 Å². The topological polar surface area (TPSA) is 67.6 Å². The van der Waals surface area contributed by atoms with E-state index in [2.05, 4.69) is 163 Å². The molecule has 0 fully saturated rings. The molecule has 0 aliphatic heterocycles. The number of benzene rings is 4. The monoisotopic (exact) mass is 614 g/mol. The van der Waals surface area contributed by atoms with E-state index in [1.165, 1.54) is 0 Å². The Bertz CT molecular complexity index is 2340. The molecule has 3 heterocycles. The molecule has 0 saturated carbocycles. The van der Waals surface area contributed by atoms with Gasteiger partial charge in [-0.15, -0.1) is 0 Å². The molecule has 47 heavy (non-hydrogen) atoms. The Labute approximate surface area is 277 Å². The van der Waals surface area contributed by atoms with Gasteiger partial charge in [0.15, 0.2) is 0 Å². The summed E-state index contributed by atoms with van der Waals surface area (Å²) < 4.78 is 0. The molecule has 4 aromatic carbocycles. The number of fused-ring (bicyclic) bond motifs is 4. The molecule has 0 unspecified atom stereocenters. The van der Waals surface area contributed by atoms with E-state index in [1.54, 1.807) is 0 Å². The molecule has 0 saturated heterocycles. The molecule has 0 aliphatic rings. The first kappa shape index (κ1) is 30.4. The normalized spacial score (nSPS) is 12.8. The van der Waals surface area contributed by atoms with Gasteiger partial charge in [0, 0.05) is 44.1 Å². The van der Waals surface area contributed by atoms with Crippen LogP contribution in [0.5, 0.6) is 0 Å². The van der Waals surface area contributed by atoms with Gasteiger partial charge in [0.05, 0.1) is 22.2 Å². The zero-order chi connectivity index (χ0) is 33.1. The highest BCUT2D eigenvalue weighted by Crippen LogP contribution is 2.34. The average molecular weight is 615 g/mol. The highest BCUT2D eigenvalue weighted by Gasteiger charge is 2.18. The van der Waals surface area contributed by atoms with Gasteiger partial charge in [0.2, 0.25) is 0 Å². The van der Waals surface area contributed by atoms with Gasteiger partial charge >= 0.3 is 0 Å². The lowest BCUT2D eigenvalue weighted by Gasteiger charge is -2.18. The lowest BCUT2D eigenvalue weighted by atomic mass is 9.91. The van der Waals surface area contributed by atoms with Crippen molar-refractivity contribution >= 4 is 50.0 Å². The SMILES string of the molecule is C/C(=C\c1ccc2ccc(C(C)(C)C)nc2c1N)c1cccc(-c2cccc(-c3cc4ccc5ccc(C(C)(C)C)nc5c4[nH]3)c2)c1. The van der Waals surface area contributed by atoms with Crippen LogP contribution < -0.4 is 5.73 Å².